The van der Waals surface area contributed by atoms with Gasteiger partial charge in [-0.3, -0.25) is 9.59 Å². The molecule has 0 fully saturated rings. The molecule has 0 saturated heterocycles. The van der Waals surface area contributed by atoms with Crippen LogP contribution in [-0.4, -0.2) is 11.6 Å². The van der Waals surface area contributed by atoms with Crippen LogP contribution in [0.4, 0.5) is 0 Å². The van der Waals surface area contributed by atoms with E-state index in [9.17, 15) is 9.59 Å². The van der Waals surface area contributed by atoms with E-state index in [1.807, 2.05) is 66.7 Å². The first-order valence-electron chi connectivity index (χ1n) is 8.95. The predicted octanol–water partition coefficient (Wildman–Crippen LogP) is 5.20. The van der Waals surface area contributed by atoms with Gasteiger partial charge >= 0.3 is 0 Å². The Kier molecular flexibility index (Phi) is 6.33. The molecule has 0 radical (unpaired) electrons. The fraction of sp³-hybridized carbons (Fsp3) is 0.120. The first-order chi connectivity index (χ1) is 13.2. The molecule has 0 saturated carbocycles. The third kappa shape index (κ3) is 5.52. The molecular formula is C25H20O2. The van der Waals surface area contributed by atoms with Crippen LogP contribution in [0, 0.1) is 17.8 Å². The van der Waals surface area contributed by atoms with E-state index in [2.05, 4.69) is 11.8 Å². The molecule has 27 heavy (non-hydrogen) atoms. The fourth-order valence-corrected chi connectivity index (χ4v) is 2.81. The van der Waals surface area contributed by atoms with Crippen molar-refractivity contribution in [1.82, 2.24) is 0 Å². The zero-order chi connectivity index (χ0) is 18.9. The molecular weight excluding hydrogens is 332 g/mol. The summed E-state index contributed by atoms with van der Waals surface area (Å²) in [5.74, 6) is 5.93. The molecule has 0 bridgehead atoms. The monoisotopic (exact) mass is 352 g/mol. The van der Waals surface area contributed by atoms with Gasteiger partial charge in [0.25, 0.3) is 0 Å². The number of carbonyl (C=O) groups excluding carboxylic acids is 2. The highest BCUT2D eigenvalue weighted by atomic mass is 16.1. The summed E-state index contributed by atoms with van der Waals surface area (Å²) in [5.41, 5.74) is 2.18. The largest absolute Gasteiger partial charge is 0.294 e. The van der Waals surface area contributed by atoms with E-state index in [0.717, 1.165) is 5.56 Å². The Morgan fingerprint density at radius 2 is 1.04 bits per heavy atom. The van der Waals surface area contributed by atoms with Crippen molar-refractivity contribution in [2.24, 2.45) is 5.92 Å². The lowest BCUT2D eigenvalue weighted by Gasteiger charge is -2.10. The highest BCUT2D eigenvalue weighted by Crippen LogP contribution is 2.17. The summed E-state index contributed by atoms with van der Waals surface area (Å²) in [6.45, 7) is 0. The molecule has 0 spiro atoms. The van der Waals surface area contributed by atoms with Gasteiger partial charge in [0, 0.05) is 35.4 Å². The average Bonchev–Trinajstić information content (AvgIpc) is 2.74. The standard InChI is InChI=1S/C25H20O2/c26-24(22-12-6-2-7-13-22)18-21(17-16-20-10-4-1-5-11-20)19-25(27)23-14-8-3-9-15-23/h1-15,21H,18-19H2. The van der Waals surface area contributed by atoms with Crippen molar-refractivity contribution in [3.63, 3.8) is 0 Å². The third-order valence-electron chi connectivity index (χ3n) is 4.25. The van der Waals surface area contributed by atoms with Gasteiger partial charge in [-0.1, -0.05) is 90.7 Å². The average molecular weight is 352 g/mol. The van der Waals surface area contributed by atoms with Crippen LogP contribution in [0.25, 0.3) is 0 Å². The minimum Gasteiger partial charge on any atom is -0.294 e. The number of rotatable bonds is 6. The van der Waals surface area contributed by atoms with E-state index in [-0.39, 0.29) is 30.3 Å². The minimum atomic E-state index is -0.328. The normalized spacial score (nSPS) is 10.1. The summed E-state index contributed by atoms with van der Waals surface area (Å²) in [7, 11) is 0. The van der Waals surface area contributed by atoms with Crippen LogP contribution in [0.3, 0.4) is 0 Å². The van der Waals surface area contributed by atoms with Gasteiger partial charge in [-0.2, -0.15) is 0 Å². The van der Waals surface area contributed by atoms with Gasteiger partial charge in [-0.15, -0.1) is 0 Å². The van der Waals surface area contributed by atoms with Crippen molar-refractivity contribution in [3.8, 4) is 11.8 Å². The van der Waals surface area contributed by atoms with E-state index in [0.29, 0.717) is 11.1 Å². The molecule has 0 N–H and O–H groups in total. The van der Waals surface area contributed by atoms with Gasteiger partial charge < -0.3 is 0 Å². The number of carbonyl (C=O) groups is 2. The molecule has 2 heteroatoms. The second-order valence-electron chi connectivity index (χ2n) is 6.32. The van der Waals surface area contributed by atoms with Gasteiger partial charge in [0.1, 0.15) is 0 Å². The quantitative estimate of drug-likeness (QED) is 0.451. The highest BCUT2D eigenvalue weighted by molar-refractivity contribution is 5.99. The fourth-order valence-electron chi connectivity index (χ4n) is 2.81. The number of benzene rings is 3. The molecule has 3 aromatic carbocycles. The van der Waals surface area contributed by atoms with Crippen LogP contribution < -0.4 is 0 Å². The van der Waals surface area contributed by atoms with E-state index >= 15 is 0 Å². The van der Waals surface area contributed by atoms with E-state index in [4.69, 9.17) is 0 Å². The molecule has 0 aliphatic heterocycles. The number of hydrogen-bond acceptors (Lipinski definition) is 2. The SMILES string of the molecule is O=C(CC(C#Cc1ccccc1)CC(=O)c1ccccc1)c1ccccc1. The summed E-state index contributed by atoms with van der Waals surface area (Å²) in [5, 5.41) is 0. The topological polar surface area (TPSA) is 34.1 Å². The summed E-state index contributed by atoms with van der Waals surface area (Å²) in [6, 6.07) is 27.9. The molecule has 3 rings (SSSR count). The number of hydrogen-bond donors (Lipinski definition) is 0. The van der Waals surface area contributed by atoms with Crippen molar-refractivity contribution >= 4 is 11.6 Å². The van der Waals surface area contributed by atoms with Crippen LogP contribution in [0.15, 0.2) is 91.0 Å². The lowest BCUT2D eigenvalue weighted by atomic mass is 9.92. The van der Waals surface area contributed by atoms with Gasteiger partial charge in [0.05, 0.1) is 0 Å². The van der Waals surface area contributed by atoms with E-state index < -0.39 is 0 Å². The third-order valence-corrected chi connectivity index (χ3v) is 4.25. The maximum Gasteiger partial charge on any atom is 0.164 e. The smallest absolute Gasteiger partial charge is 0.164 e. The van der Waals surface area contributed by atoms with Crippen LogP contribution in [0.5, 0.6) is 0 Å². The van der Waals surface area contributed by atoms with Gasteiger partial charge in [0.15, 0.2) is 11.6 Å². The second kappa shape index (κ2) is 9.31. The molecule has 0 atom stereocenters. The molecule has 0 heterocycles. The van der Waals surface area contributed by atoms with Gasteiger partial charge in [-0.05, 0) is 12.1 Å². The Bertz CT molecular complexity index is 895. The lowest BCUT2D eigenvalue weighted by Crippen LogP contribution is -2.12. The Hall–Kier alpha value is -3.44. The minimum absolute atomic E-state index is 0.00354. The Morgan fingerprint density at radius 1 is 0.630 bits per heavy atom. The van der Waals surface area contributed by atoms with Gasteiger partial charge in [-0.25, -0.2) is 0 Å². The highest BCUT2D eigenvalue weighted by Gasteiger charge is 2.18. The molecule has 0 aliphatic rings. The van der Waals surface area contributed by atoms with Crippen LogP contribution in [0.1, 0.15) is 39.1 Å². The van der Waals surface area contributed by atoms with Crippen LogP contribution in [0.2, 0.25) is 0 Å². The zero-order valence-corrected chi connectivity index (χ0v) is 15.0. The van der Waals surface area contributed by atoms with Crippen molar-refractivity contribution in [2.75, 3.05) is 0 Å². The van der Waals surface area contributed by atoms with Crippen molar-refractivity contribution in [1.29, 1.82) is 0 Å². The summed E-state index contributed by atoms with van der Waals surface area (Å²) in [4.78, 5) is 25.2. The number of Topliss-reactive ketones (excluding diaryl/α,β-unsaturated/α-hetero) is 2. The van der Waals surface area contributed by atoms with Crippen molar-refractivity contribution in [2.45, 2.75) is 12.8 Å². The Labute approximate surface area is 159 Å². The molecule has 0 amide bonds. The maximum atomic E-state index is 12.6. The summed E-state index contributed by atoms with van der Waals surface area (Å²) >= 11 is 0. The van der Waals surface area contributed by atoms with Gasteiger partial charge in [0.2, 0.25) is 0 Å². The molecule has 3 aromatic rings. The zero-order valence-electron chi connectivity index (χ0n) is 15.0. The van der Waals surface area contributed by atoms with Crippen molar-refractivity contribution < 1.29 is 9.59 Å². The maximum absolute atomic E-state index is 12.6. The molecule has 132 valence electrons. The van der Waals surface area contributed by atoms with Crippen LogP contribution >= 0.6 is 0 Å². The summed E-state index contributed by atoms with van der Waals surface area (Å²) in [6.07, 6.45) is 0.449. The predicted molar refractivity (Wildman–Crippen MR) is 108 cm³/mol. The molecule has 0 aliphatic carbocycles. The number of ketones is 2. The lowest BCUT2D eigenvalue weighted by molar-refractivity contribution is 0.0939. The summed E-state index contributed by atoms with van der Waals surface area (Å²) < 4.78 is 0. The van der Waals surface area contributed by atoms with E-state index in [1.54, 1.807) is 24.3 Å². The Balaban J connectivity index is 1.79. The van der Waals surface area contributed by atoms with Crippen molar-refractivity contribution in [3.05, 3.63) is 108 Å². The van der Waals surface area contributed by atoms with Crippen LogP contribution in [-0.2, 0) is 0 Å². The molecule has 0 unspecified atom stereocenters. The molecule has 0 aromatic heterocycles. The first kappa shape index (κ1) is 18.4. The second-order valence-corrected chi connectivity index (χ2v) is 6.32. The Morgan fingerprint density at radius 3 is 1.48 bits per heavy atom. The van der Waals surface area contributed by atoms with E-state index in [1.165, 1.54) is 0 Å². The first-order valence-corrected chi connectivity index (χ1v) is 8.95. The molecule has 2 nitrogen and oxygen atoms in total.